The standard InChI is InChI=1S/C27H39N5O3/c1-4-8-21-9-10-22(24(19-21)30-14-6-5-7-15-30)20-29(3)27(2)12-17-31(18-13-27)26(35)32-16-11-23(28-32)25(33)34/h9-11,16,19H,4-8,12-15,17-18,20H2,1-3H3,(H,33,34). The number of rotatable bonds is 7. The minimum absolute atomic E-state index is 0.0195. The predicted octanol–water partition coefficient (Wildman–Crippen LogP) is 4.48. The number of carbonyl (C=O) groups is 2. The summed E-state index contributed by atoms with van der Waals surface area (Å²) in [5, 5.41) is 13.0. The van der Waals surface area contributed by atoms with Gasteiger partial charge >= 0.3 is 12.0 Å². The quantitative estimate of drug-likeness (QED) is 0.628. The zero-order valence-electron chi connectivity index (χ0n) is 21.4. The van der Waals surface area contributed by atoms with Crippen LogP contribution < -0.4 is 4.90 Å². The third-order valence-electron chi connectivity index (χ3n) is 7.83. The van der Waals surface area contributed by atoms with Crippen molar-refractivity contribution in [3.63, 3.8) is 0 Å². The van der Waals surface area contributed by atoms with Gasteiger partial charge in [0.25, 0.3) is 0 Å². The molecule has 0 radical (unpaired) electrons. The molecule has 1 amide bonds. The molecule has 0 unspecified atom stereocenters. The molecule has 0 bridgehead atoms. The highest BCUT2D eigenvalue weighted by atomic mass is 16.4. The van der Waals surface area contributed by atoms with E-state index in [-0.39, 0.29) is 17.3 Å². The molecule has 35 heavy (non-hydrogen) atoms. The summed E-state index contributed by atoms with van der Waals surface area (Å²) < 4.78 is 1.14. The second kappa shape index (κ2) is 10.8. The number of aryl methyl sites for hydroxylation is 1. The molecule has 8 heteroatoms. The van der Waals surface area contributed by atoms with E-state index in [0.29, 0.717) is 13.1 Å². The zero-order chi connectivity index (χ0) is 25.0. The number of aromatic carboxylic acids is 1. The maximum absolute atomic E-state index is 12.8. The Hall–Kier alpha value is -2.87. The molecule has 190 valence electrons. The molecule has 2 aliphatic rings. The van der Waals surface area contributed by atoms with Crippen LogP contribution in [0.4, 0.5) is 10.5 Å². The van der Waals surface area contributed by atoms with Crippen LogP contribution in [0.5, 0.6) is 0 Å². The summed E-state index contributed by atoms with van der Waals surface area (Å²) in [6.07, 6.45) is 9.26. The summed E-state index contributed by atoms with van der Waals surface area (Å²) in [4.78, 5) is 30.7. The van der Waals surface area contributed by atoms with Crippen LogP contribution in [0.3, 0.4) is 0 Å². The van der Waals surface area contributed by atoms with Gasteiger partial charge in [-0.3, -0.25) is 4.90 Å². The van der Waals surface area contributed by atoms with E-state index in [1.54, 1.807) is 4.90 Å². The highest BCUT2D eigenvalue weighted by Gasteiger charge is 2.36. The van der Waals surface area contributed by atoms with E-state index in [1.807, 2.05) is 0 Å². The molecule has 0 aliphatic carbocycles. The highest BCUT2D eigenvalue weighted by molar-refractivity contribution is 5.86. The first kappa shape index (κ1) is 25.2. The van der Waals surface area contributed by atoms with Crippen LogP contribution >= 0.6 is 0 Å². The third-order valence-corrected chi connectivity index (χ3v) is 7.83. The lowest BCUT2D eigenvalue weighted by Gasteiger charge is -2.45. The highest BCUT2D eigenvalue weighted by Crippen LogP contribution is 2.32. The van der Waals surface area contributed by atoms with Crippen LogP contribution in [0.2, 0.25) is 0 Å². The number of benzene rings is 1. The SMILES string of the molecule is CCCc1ccc(CN(C)C2(C)CCN(C(=O)n3ccc(C(=O)O)n3)CC2)c(N2CCCCC2)c1. The number of aromatic nitrogens is 2. The molecular weight excluding hydrogens is 442 g/mol. The molecule has 1 N–H and O–H groups in total. The predicted molar refractivity (Wildman–Crippen MR) is 137 cm³/mol. The van der Waals surface area contributed by atoms with E-state index in [2.05, 4.69) is 54.0 Å². The smallest absolute Gasteiger partial charge is 0.356 e. The maximum Gasteiger partial charge on any atom is 0.356 e. The summed E-state index contributed by atoms with van der Waals surface area (Å²) in [5.74, 6) is -1.13. The number of anilines is 1. The topological polar surface area (TPSA) is 81.9 Å². The summed E-state index contributed by atoms with van der Waals surface area (Å²) in [7, 11) is 2.20. The van der Waals surface area contributed by atoms with Crippen molar-refractivity contribution >= 4 is 17.7 Å². The average molecular weight is 482 g/mol. The van der Waals surface area contributed by atoms with Crippen LogP contribution in [0.1, 0.15) is 74.0 Å². The van der Waals surface area contributed by atoms with Crippen LogP contribution in [0.25, 0.3) is 0 Å². The summed E-state index contributed by atoms with van der Waals surface area (Å²) in [5.41, 5.74) is 4.06. The van der Waals surface area contributed by atoms with Crippen LogP contribution in [-0.4, -0.2) is 75.5 Å². The Kier molecular flexibility index (Phi) is 7.79. The number of nitrogens with zero attached hydrogens (tertiary/aromatic N) is 5. The van der Waals surface area contributed by atoms with Gasteiger partial charge in [0.2, 0.25) is 0 Å². The Bertz CT molecular complexity index is 1040. The molecule has 0 saturated carbocycles. The molecule has 1 aromatic carbocycles. The first-order chi connectivity index (χ1) is 16.8. The van der Waals surface area contributed by atoms with Gasteiger partial charge in [0, 0.05) is 50.1 Å². The molecule has 2 aliphatic heterocycles. The van der Waals surface area contributed by atoms with Gasteiger partial charge in [-0.15, -0.1) is 0 Å². The molecule has 2 fully saturated rings. The van der Waals surface area contributed by atoms with Crippen molar-refractivity contribution in [3.8, 4) is 0 Å². The third kappa shape index (κ3) is 5.69. The lowest BCUT2D eigenvalue weighted by Crippen LogP contribution is -2.53. The van der Waals surface area contributed by atoms with Gasteiger partial charge in [-0.25, -0.2) is 9.59 Å². The van der Waals surface area contributed by atoms with E-state index in [1.165, 1.54) is 48.3 Å². The second-order valence-electron chi connectivity index (χ2n) is 10.3. The van der Waals surface area contributed by atoms with Crippen LogP contribution in [-0.2, 0) is 13.0 Å². The maximum atomic E-state index is 12.8. The number of carboxylic acid groups (broad SMARTS) is 1. The lowest BCUT2D eigenvalue weighted by atomic mass is 9.87. The summed E-state index contributed by atoms with van der Waals surface area (Å²) in [6.45, 7) is 8.92. The minimum atomic E-state index is -1.13. The second-order valence-corrected chi connectivity index (χ2v) is 10.3. The van der Waals surface area contributed by atoms with Gasteiger partial charge in [0.15, 0.2) is 5.69 Å². The lowest BCUT2D eigenvalue weighted by molar-refractivity contribution is 0.0585. The zero-order valence-corrected chi connectivity index (χ0v) is 21.4. The molecule has 8 nitrogen and oxygen atoms in total. The van der Waals surface area contributed by atoms with Crippen molar-refractivity contribution < 1.29 is 14.7 Å². The number of hydrogen-bond donors (Lipinski definition) is 1. The minimum Gasteiger partial charge on any atom is -0.476 e. The normalized spacial score (nSPS) is 18.2. The Morgan fingerprint density at radius 1 is 1.09 bits per heavy atom. The molecule has 3 heterocycles. The first-order valence-corrected chi connectivity index (χ1v) is 13.0. The van der Waals surface area contributed by atoms with Gasteiger partial charge < -0.3 is 14.9 Å². The molecule has 0 atom stereocenters. The Labute approximate surface area is 208 Å². The van der Waals surface area contributed by atoms with E-state index in [0.717, 1.165) is 50.0 Å². The van der Waals surface area contributed by atoms with Crippen molar-refractivity contribution in [2.24, 2.45) is 0 Å². The molecule has 0 spiro atoms. The van der Waals surface area contributed by atoms with Gasteiger partial charge in [-0.1, -0.05) is 25.5 Å². The first-order valence-electron chi connectivity index (χ1n) is 13.0. The molecule has 2 saturated heterocycles. The van der Waals surface area contributed by atoms with E-state index >= 15 is 0 Å². The number of hydrogen-bond acceptors (Lipinski definition) is 5. The molecular formula is C27H39N5O3. The van der Waals surface area contributed by atoms with Crippen molar-refractivity contribution in [2.45, 2.75) is 70.9 Å². The Morgan fingerprint density at radius 3 is 2.43 bits per heavy atom. The van der Waals surface area contributed by atoms with Gasteiger partial charge in [-0.2, -0.15) is 9.78 Å². The van der Waals surface area contributed by atoms with Gasteiger partial charge in [-0.05, 0) is 75.8 Å². The molecule has 2 aromatic rings. The number of piperidine rings is 2. The van der Waals surface area contributed by atoms with Crippen LogP contribution in [0, 0.1) is 0 Å². The van der Waals surface area contributed by atoms with E-state index < -0.39 is 5.97 Å². The van der Waals surface area contributed by atoms with Gasteiger partial charge in [0.1, 0.15) is 0 Å². The molecule has 4 rings (SSSR count). The number of carbonyl (C=O) groups excluding carboxylic acids is 1. The fourth-order valence-electron chi connectivity index (χ4n) is 5.31. The Balaban J connectivity index is 1.43. The van der Waals surface area contributed by atoms with Crippen LogP contribution in [0.15, 0.2) is 30.5 Å². The number of likely N-dealkylation sites (tertiary alicyclic amines) is 1. The van der Waals surface area contributed by atoms with Crippen molar-refractivity contribution in [1.29, 1.82) is 0 Å². The van der Waals surface area contributed by atoms with Crippen molar-refractivity contribution in [3.05, 3.63) is 47.3 Å². The summed E-state index contributed by atoms with van der Waals surface area (Å²) in [6, 6.07) is 8.12. The van der Waals surface area contributed by atoms with E-state index in [4.69, 9.17) is 5.11 Å². The van der Waals surface area contributed by atoms with Crippen molar-refractivity contribution in [2.75, 3.05) is 38.1 Å². The fourth-order valence-corrected chi connectivity index (χ4v) is 5.31. The molecule has 1 aromatic heterocycles. The van der Waals surface area contributed by atoms with Crippen molar-refractivity contribution in [1.82, 2.24) is 19.6 Å². The average Bonchev–Trinajstić information content (AvgIpc) is 3.36. The number of carboxylic acids is 1. The largest absolute Gasteiger partial charge is 0.476 e. The summed E-state index contributed by atoms with van der Waals surface area (Å²) >= 11 is 0. The fraction of sp³-hybridized carbons (Fsp3) is 0.593. The Morgan fingerprint density at radius 2 is 1.80 bits per heavy atom. The monoisotopic (exact) mass is 481 g/mol. The number of amides is 1. The van der Waals surface area contributed by atoms with Gasteiger partial charge in [0.05, 0.1) is 0 Å². The van der Waals surface area contributed by atoms with E-state index in [9.17, 15) is 9.59 Å².